The summed E-state index contributed by atoms with van der Waals surface area (Å²) in [5.41, 5.74) is 0. The molecule has 18 heavy (non-hydrogen) atoms. The quantitative estimate of drug-likeness (QED) is 0.686. The molecule has 0 spiro atoms. The number of carbonyl (C=O) groups is 2. The number of hydrogen-bond donors (Lipinski definition) is 2. The summed E-state index contributed by atoms with van der Waals surface area (Å²) in [5, 5.41) is 5.91. The predicted molar refractivity (Wildman–Crippen MR) is 72.6 cm³/mol. The van der Waals surface area contributed by atoms with Gasteiger partial charge in [0.25, 0.3) is 0 Å². The summed E-state index contributed by atoms with van der Waals surface area (Å²) in [6.07, 6.45) is 9.55. The fraction of sp³-hybridized carbons (Fsp3) is 0.857. The largest absolute Gasteiger partial charge is 0.338 e. The molecule has 1 fully saturated rings. The number of ketones is 1. The van der Waals surface area contributed by atoms with Crippen LogP contribution >= 0.6 is 0 Å². The molecule has 1 aliphatic carbocycles. The highest BCUT2D eigenvalue weighted by Gasteiger charge is 2.14. The number of Topliss-reactive ketones (excluding diaryl/α,β-unsaturated/α-hetero) is 1. The summed E-state index contributed by atoms with van der Waals surface area (Å²) in [6, 6.07) is 0.338. The highest BCUT2D eigenvalue weighted by Crippen LogP contribution is 2.17. The summed E-state index contributed by atoms with van der Waals surface area (Å²) in [7, 11) is 0. The second-order valence-corrected chi connectivity index (χ2v) is 5.25. The van der Waals surface area contributed by atoms with Gasteiger partial charge in [-0.15, -0.1) is 0 Å². The van der Waals surface area contributed by atoms with Gasteiger partial charge >= 0.3 is 6.03 Å². The number of amides is 2. The zero-order valence-electron chi connectivity index (χ0n) is 11.5. The van der Waals surface area contributed by atoms with Crippen molar-refractivity contribution < 1.29 is 9.59 Å². The van der Waals surface area contributed by atoms with Crippen molar-refractivity contribution in [3.05, 3.63) is 0 Å². The van der Waals surface area contributed by atoms with Gasteiger partial charge in [0.1, 0.15) is 5.78 Å². The van der Waals surface area contributed by atoms with Crippen molar-refractivity contribution in [3.63, 3.8) is 0 Å². The van der Waals surface area contributed by atoms with E-state index in [-0.39, 0.29) is 11.8 Å². The highest BCUT2D eigenvalue weighted by molar-refractivity contribution is 5.75. The summed E-state index contributed by atoms with van der Waals surface area (Å²) in [6.45, 7) is 2.33. The average molecular weight is 254 g/mol. The Morgan fingerprint density at radius 3 is 2.44 bits per heavy atom. The van der Waals surface area contributed by atoms with Crippen molar-refractivity contribution in [3.8, 4) is 0 Å². The molecule has 0 radical (unpaired) electrons. The summed E-state index contributed by atoms with van der Waals surface area (Å²) < 4.78 is 0. The average Bonchev–Trinajstić information content (AvgIpc) is 2.34. The molecular weight excluding hydrogens is 228 g/mol. The van der Waals surface area contributed by atoms with Gasteiger partial charge in [0.05, 0.1) is 0 Å². The highest BCUT2D eigenvalue weighted by atomic mass is 16.2. The monoisotopic (exact) mass is 254 g/mol. The molecule has 1 rings (SSSR count). The van der Waals surface area contributed by atoms with Crippen LogP contribution in [0.25, 0.3) is 0 Å². The molecule has 1 aliphatic rings. The number of nitrogens with one attached hydrogen (secondary N) is 2. The molecule has 0 unspecified atom stereocenters. The van der Waals surface area contributed by atoms with E-state index in [1.54, 1.807) is 6.92 Å². The molecule has 0 aromatic rings. The standard InChI is InChI=1S/C14H26N2O2/c1-12(17)8-4-3-7-11-15-14(18)16-13-9-5-2-6-10-13/h13H,2-11H2,1H3,(H2,15,16,18). The van der Waals surface area contributed by atoms with Crippen molar-refractivity contribution >= 4 is 11.8 Å². The van der Waals surface area contributed by atoms with Crippen molar-refractivity contribution in [2.24, 2.45) is 0 Å². The van der Waals surface area contributed by atoms with E-state index in [9.17, 15) is 9.59 Å². The van der Waals surface area contributed by atoms with Gasteiger partial charge in [-0.2, -0.15) is 0 Å². The molecule has 0 heterocycles. The lowest BCUT2D eigenvalue weighted by molar-refractivity contribution is -0.117. The minimum absolute atomic E-state index is 0.0338. The molecule has 0 aliphatic heterocycles. The van der Waals surface area contributed by atoms with E-state index in [4.69, 9.17) is 0 Å². The van der Waals surface area contributed by atoms with Gasteiger partial charge < -0.3 is 15.4 Å². The van der Waals surface area contributed by atoms with Crippen molar-refractivity contribution in [1.29, 1.82) is 0 Å². The molecule has 2 amide bonds. The zero-order chi connectivity index (χ0) is 13.2. The number of carbonyl (C=O) groups excluding carboxylic acids is 2. The first-order chi connectivity index (χ1) is 8.68. The van der Waals surface area contributed by atoms with E-state index < -0.39 is 0 Å². The van der Waals surface area contributed by atoms with Gasteiger partial charge in [0.15, 0.2) is 0 Å². The van der Waals surface area contributed by atoms with Gasteiger partial charge in [-0.3, -0.25) is 0 Å². The van der Waals surface area contributed by atoms with Crippen molar-refractivity contribution in [2.75, 3.05) is 6.54 Å². The van der Waals surface area contributed by atoms with Crippen LogP contribution in [-0.4, -0.2) is 24.4 Å². The zero-order valence-corrected chi connectivity index (χ0v) is 11.5. The first-order valence-electron chi connectivity index (χ1n) is 7.22. The van der Waals surface area contributed by atoms with Gasteiger partial charge in [0, 0.05) is 19.0 Å². The lowest BCUT2D eigenvalue weighted by Gasteiger charge is -2.22. The van der Waals surface area contributed by atoms with Crippen LogP contribution in [0.5, 0.6) is 0 Å². The molecule has 0 saturated heterocycles. The number of rotatable bonds is 7. The van der Waals surface area contributed by atoms with Gasteiger partial charge in [-0.25, -0.2) is 4.79 Å². The van der Waals surface area contributed by atoms with Crippen LogP contribution in [0, 0.1) is 0 Å². The van der Waals surface area contributed by atoms with E-state index in [0.29, 0.717) is 19.0 Å². The Morgan fingerprint density at radius 1 is 1.06 bits per heavy atom. The molecule has 0 atom stereocenters. The van der Waals surface area contributed by atoms with Gasteiger partial charge in [-0.05, 0) is 32.6 Å². The third-order valence-electron chi connectivity index (χ3n) is 3.43. The summed E-state index contributed by atoms with van der Waals surface area (Å²) in [4.78, 5) is 22.3. The van der Waals surface area contributed by atoms with E-state index in [0.717, 1.165) is 32.1 Å². The predicted octanol–water partition coefficient (Wildman–Crippen LogP) is 2.77. The smallest absolute Gasteiger partial charge is 0.315 e. The van der Waals surface area contributed by atoms with Crippen LogP contribution in [0.15, 0.2) is 0 Å². The van der Waals surface area contributed by atoms with Crippen LogP contribution < -0.4 is 10.6 Å². The van der Waals surface area contributed by atoms with E-state index in [2.05, 4.69) is 10.6 Å². The fourth-order valence-electron chi connectivity index (χ4n) is 2.36. The maximum absolute atomic E-state index is 11.6. The first kappa shape index (κ1) is 15.0. The third-order valence-corrected chi connectivity index (χ3v) is 3.43. The van der Waals surface area contributed by atoms with Crippen LogP contribution in [0.1, 0.15) is 64.7 Å². The summed E-state index contributed by atoms with van der Waals surface area (Å²) in [5.74, 6) is 0.248. The molecule has 4 heteroatoms. The Kier molecular flexibility index (Phi) is 7.46. The second kappa shape index (κ2) is 8.95. The van der Waals surface area contributed by atoms with E-state index in [1.807, 2.05) is 0 Å². The Morgan fingerprint density at radius 2 is 1.78 bits per heavy atom. The van der Waals surface area contributed by atoms with Crippen LogP contribution in [-0.2, 0) is 4.79 Å². The van der Waals surface area contributed by atoms with Gasteiger partial charge in [-0.1, -0.05) is 25.7 Å². The van der Waals surface area contributed by atoms with Crippen molar-refractivity contribution in [1.82, 2.24) is 10.6 Å². The Hall–Kier alpha value is -1.06. The maximum Gasteiger partial charge on any atom is 0.315 e. The molecule has 0 aromatic heterocycles. The Balaban J connectivity index is 1.94. The minimum atomic E-state index is -0.0338. The molecule has 0 aromatic carbocycles. The lowest BCUT2D eigenvalue weighted by atomic mass is 9.96. The van der Waals surface area contributed by atoms with Crippen molar-refractivity contribution in [2.45, 2.75) is 70.8 Å². The van der Waals surface area contributed by atoms with E-state index in [1.165, 1.54) is 19.3 Å². The lowest BCUT2D eigenvalue weighted by Crippen LogP contribution is -2.43. The van der Waals surface area contributed by atoms with Crippen LogP contribution in [0.3, 0.4) is 0 Å². The molecule has 4 nitrogen and oxygen atoms in total. The third kappa shape index (κ3) is 7.30. The maximum atomic E-state index is 11.6. The Bertz CT molecular complexity index is 261. The van der Waals surface area contributed by atoms with E-state index >= 15 is 0 Å². The molecule has 0 bridgehead atoms. The van der Waals surface area contributed by atoms with Crippen LogP contribution in [0.4, 0.5) is 4.79 Å². The molecular formula is C14H26N2O2. The molecule has 2 N–H and O–H groups in total. The normalized spacial score (nSPS) is 16.3. The summed E-state index contributed by atoms with van der Waals surface area (Å²) >= 11 is 0. The SMILES string of the molecule is CC(=O)CCCCCNC(=O)NC1CCCCC1. The van der Waals surface area contributed by atoms with Gasteiger partial charge in [0.2, 0.25) is 0 Å². The second-order valence-electron chi connectivity index (χ2n) is 5.25. The number of hydrogen-bond acceptors (Lipinski definition) is 2. The molecule has 104 valence electrons. The topological polar surface area (TPSA) is 58.2 Å². The molecule has 1 saturated carbocycles. The number of urea groups is 1. The Labute approximate surface area is 110 Å². The number of unbranched alkanes of at least 4 members (excludes halogenated alkanes) is 2. The first-order valence-corrected chi connectivity index (χ1v) is 7.22. The fourth-order valence-corrected chi connectivity index (χ4v) is 2.36. The van der Waals surface area contributed by atoms with Crippen LogP contribution in [0.2, 0.25) is 0 Å². The minimum Gasteiger partial charge on any atom is -0.338 e.